The zero-order valence-corrected chi connectivity index (χ0v) is 11.2. The third-order valence-electron chi connectivity index (χ3n) is 3.00. The van der Waals surface area contributed by atoms with Gasteiger partial charge in [-0.3, -0.25) is 9.59 Å². The van der Waals surface area contributed by atoms with Crippen LogP contribution in [0.1, 0.15) is 23.2 Å². The van der Waals surface area contributed by atoms with Gasteiger partial charge in [-0.15, -0.1) is 0 Å². The molecule has 5 heteroatoms. The van der Waals surface area contributed by atoms with E-state index in [2.05, 4.69) is 27.9 Å². The minimum atomic E-state index is -0.819. The molecule has 4 nitrogen and oxygen atoms in total. The summed E-state index contributed by atoms with van der Waals surface area (Å²) in [5.74, 6) is -1.03. The molecule has 1 aliphatic rings. The summed E-state index contributed by atoms with van der Waals surface area (Å²) in [6.45, 7) is 0.215. The van der Waals surface area contributed by atoms with Gasteiger partial charge in [-0.1, -0.05) is 0 Å². The number of benzene rings is 1. The van der Waals surface area contributed by atoms with E-state index in [4.69, 9.17) is 5.11 Å². The second-order valence-electron chi connectivity index (χ2n) is 4.28. The number of amides is 1. The summed E-state index contributed by atoms with van der Waals surface area (Å²) in [6, 6.07) is 7.16. The number of aliphatic carboxylic acids is 1. The number of carboxylic acid groups (broad SMARTS) is 1. The largest absolute Gasteiger partial charge is 0.481 e. The van der Waals surface area contributed by atoms with E-state index >= 15 is 0 Å². The highest BCUT2D eigenvalue weighted by Gasteiger charge is 2.50. The average molecular weight is 345 g/mol. The summed E-state index contributed by atoms with van der Waals surface area (Å²) in [5.41, 5.74) is -0.148. The highest BCUT2D eigenvalue weighted by Crippen LogP contribution is 2.45. The number of hydrogen-bond donors (Lipinski definition) is 2. The van der Waals surface area contributed by atoms with Crippen molar-refractivity contribution in [3.8, 4) is 0 Å². The van der Waals surface area contributed by atoms with Gasteiger partial charge in [0.15, 0.2) is 0 Å². The highest BCUT2D eigenvalue weighted by molar-refractivity contribution is 14.1. The maximum absolute atomic E-state index is 11.7. The van der Waals surface area contributed by atoms with Gasteiger partial charge in [0.05, 0.1) is 5.41 Å². The number of halogens is 1. The van der Waals surface area contributed by atoms with E-state index < -0.39 is 11.4 Å². The van der Waals surface area contributed by atoms with Crippen LogP contribution in [0.5, 0.6) is 0 Å². The molecular formula is C12H12INO3. The first kappa shape index (κ1) is 12.3. The van der Waals surface area contributed by atoms with Crippen molar-refractivity contribution < 1.29 is 14.7 Å². The average Bonchev–Trinajstić information content (AvgIpc) is 3.08. The highest BCUT2D eigenvalue weighted by atomic mass is 127. The van der Waals surface area contributed by atoms with Crippen LogP contribution in [0.3, 0.4) is 0 Å². The van der Waals surface area contributed by atoms with Gasteiger partial charge < -0.3 is 10.4 Å². The van der Waals surface area contributed by atoms with Gasteiger partial charge in [-0.05, 0) is 59.7 Å². The molecule has 90 valence electrons. The summed E-state index contributed by atoms with van der Waals surface area (Å²) < 4.78 is 1.06. The van der Waals surface area contributed by atoms with Crippen LogP contribution in [0.15, 0.2) is 24.3 Å². The first-order chi connectivity index (χ1) is 8.03. The Hall–Kier alpha value is -1.11. The molecule has 17 heavy (non-hydrogen) atoms. The normalized spacial score (nSPS) is 16.3. The lowest BCUT2D eigenvalue weighted by Crippen LogP contribution is -2.34. The number of carbonyl (C=O) groups excluding carboxylic acids is 1. The SMILES string of the molecule is O=C(NCC1(C(=O)O)CC1)c1ccc(I)cc1. The number of carbonyl (C=O) groups is 2. The molecule has 0 aliphatic heterocycles. The molecule has 0 heterocycles. The van der Waals surface area contributed by atoms with Gasteiger partial charge in [0.25, 0.3) is 5.91 Å². The molecular weight excluding hydrogens is 333 g/mol. The lowest BCUT2D eigenvalue weighted by atomic mass is 10.1. The van der Waals surface area contributed by atoms with Gasteiger partial charge in [-0.25, -0.2) is 0 Å². The maximum Gasteiger partial charge on any atom is 0.311 e. The van der Waals surface area contributed by atoms with E-state index in [-0.39, 0.29) is 12.5 Å². The van der Waals surface area contributed by atoms with Crippen LogP contribution in [0.25, 0.3) is 0 Å². The predicted molar refractivity (Wildman–Crippen MR) is 70.8 cm³/mol. The Balaban J connectivity index is 1.94. The van der Waals surface area contributed by atoms with Gasteiger partial charge >= 0.3 is 5.97 Å². The zero-order chi connectivity index (χ0) is 12.5. The van der Waals surface area contributed by atoms with Crippen molar-refractivity contribution in [1.82, 2.24) is 5.32 Å². The third-order valence-corrected chi connectivity index (χ3v) is 3.72. The van der Waals surface area contributed by atoms with Crippen molar-refractivity contribution in [2.45, 2.75) is 12.8 Å². The molecule has 0 atom stereocenters. The van der Waals surface area contributed by atoms with Gasteiger partial charge in [0.1, 0.15) is 0 Å². The summed E-state index contributed by atoms with van der Waals surface area (Å²) in [4.78, 5) is 22.7. The molecule has 1 saturated carbocycles. The van der Waals surface area contributed by atoms with E-state index in [1.54, 1.807) is 12.1 Å². The van der Waals surface area contributed by atoms with Crippen molar-refractivity contribution in [1.29, 1.82) is 0 Å². The van der Waals surface area contributed by atoms with Crippen molar-refractivity contribution in [2.75, 3.05) is 6.54 Å². The molecule has 1 aliphatic carbocycles. The van der Waals surface area contributed by atoms with Crippen molar-refractivity contribution in [3.05, 3.63) is 33.4 Å². The molecule has 0 bridgehead atoms. The predicted octanol–water partition coefficient (Wildman–Crippen LogP) is 1.89. The quantitative estimate of drug-likeness (QED) is 0.819. The van der Waals surface area contributed by atoms with Gasteiger partial charge in [0.2, 0.25) is 0 Å². The molecule has 0 unspecified atom stereocenters. The molecule has 1 fully saturated rings. The monoisotopic (exact) mass is 345 g/mol. The van der Waals surface area contributed by atoms with E-state index in [1.807, 2.05) is 12.1 Å². The van der Waals surface area contributed by atoms with E-state index in [9.17, 15) is 9.59 Å². The number of carboxylic acids is 1. The second-order valence-corrected chi connectivity index (χ2v) is 5.52. The lowest BCUT2D eigenvalue weighted by molar-refractivity contribution is -0.143. The van der Waals surface area contributed by atoms with Crippen LogP contribution in [0.4, 0.5) is 0 Å². The fourth-order valence-electron chi connectivity index (χ4n) is 1.57. The minimum Gasteiger partial charge on any atom is -0.481 e. The molecule has 2 rings (SSSR count). The zero-order valence-electron chi connectivity index (χ0n) is 9.07. The Morgan fingerprint density at radius 1 is 1.29 bits per heavy atom. The first-order valence-corrected chi connectivity index (χ1v) is 6.39. The fourth-order valence-corrected chi connectivity index (χ4v) is 1.93. The van der Waals surface area contributed by atoms with Gasteiger partial charge in [0, 0.05) is 15.7 Å². The molecule has 2 N–H and O–H groups in total. The molecule has 0 spiro atoms. The molecule has 0 radical (unpaired) electrons. The topological polar surface area (TPSA) is 66.4 Å². The number of hydrogen-bond acceptors (Lipinski definition) is 2. The smallest absolute Gasteiger partial charge is 0.311 e. The molecule has 0 saturated heterocycles. The van der Waals surface area contributed by atoms with Crippen LogP contribution in [0.2, 0.25) is 0 Å². The van der Waals surface area contributed by atoms with Crippen LogP contribution in [-0.4, -0.2) is 23.5 Å². The minimum absolute atomic E-state index is 0.214. The summed E-state index contributed by atoms with van der Waals surface area (Å²) >= 11 is 2.16. The fraction of sp³-hybridized carbons (Fsp3) is 0.333. The van der Waals surface area contributed by atoms with Crippen LogP contribution in [-0.2, 0) is 4.79 Å². The third kappa shape index (κ3) is 2.77. The lowest BCUT2D eigenvalue weighted by Gasteiger charge is -2.11. The number of nitrogens with one attached hydrogen (secondary N) is 1. The summed E-state index contributed by atoms with van der Waals surface area (Å²) in [7, 11) is 0. The van der Waals surface area contributed by atoms with Crippen LogP contribution in [0, 0.1) is 8.99 Å². The van der Waals surface area contributed by atoms with E-state index in [0.717, 1.165) is 3.57 Å². The molecule has 0 aromatic heterocycles. The maximum atomic E-state index is 11.7. The summed E-state index contributed by atoms with van der Waals surface area (Å²) in [6.07, 6.45) is 1.30. The molecule has 1 aromatic rings. The molecule has 1 aromatic carbocycles. The van der Waals surface area contributed by atoms with E-state index in [1.165, 1.54) is 0 Å². The van der Waals surface area contributed by atoms with Crippen molar-refractivity contribution >= 4 is 34.5 Å². The van der Waals surface area contributed by atoms with Crippen LogP contribution >= 0.6 is 22.6 Å². The Morgan fingerprint density at radius 2 is 1.88 bits per heavy atom. The number of rotatable bonds is 4. The standard InChI is InChI=1S/C12H12INO3/c13-9-3-1-8(2-4-9)10(15)14-7-12(5-6-12)11(16)17/h1-4H,5-7H2,(H,14,15)(H,16,17). The van der Waals surface area contributed by atoms with Crippen molar-refractivity contribution in [3.63, 3.8) is 0 Å². The van der Waals surface area contributed by atoms with Crippen LogP contribution < -0.4 is 5.32 Å². The van der Waals surface area contributed by atoms with Gasteiger partial charge in [-0.2, -0.15) is 0 Å². The Kier molecular flexibility index (Phi) is 3.37. The Morgan fingerprint density at radius 3 is 2.35 bits per heavy atom. The van der Waals surface area contributed by atoms with Crippen molar-refractivity contribution in [2.24, 2.45) is 5.41 Å². The van der Waals surface area contributed by atoms with E-state index in [0.29, 0.717) is 18.4 Å². The Labute approximate surface area is 113 Å². The molecule has 1 amide bonds. The summed E-state index contributed by atoms with van der Waals surface area (Å²) in [5, 5.41) is 11.7. The first-order valence-electron chi connectivity index (χ1n) is 5.31. The second kappa shape index (κ2) is 4.64. The Bertz CT molecular complexity index is 451.